The van der Waals surface area contributed by atoms with E-state index in [4.69, 9.17) is 14.6 Å². The Morgan fingerprint density at radius 3 is 2.44 bits per heavy atom. The van der Waals surface area contributed by atoms with Gasteiger partial charge in [-0.25, -0.2) is 18.2 Å². The van der Waals surface area contributed by atoms with Crippen molar-refractivity contribution in [2.24, 2.45) is 13.0 Å². The highest BCUT2D eigenvalue weighted by atomic mass is 32.2. The third kappa shape index (κ3) is 4.50. The number of hydrogen-bond acceptors (Lipinski definition) is 5. The predicted molar refractivity (Wildman–Crippen MR) is 78.1 cm³/mol. The fraction of sp³-hybridized carbons (Fsp3) is 0.692. The van der Waals surface area contributed by atoms with Gasteiger partial charge in [0, 0.05) is 32.3 Å². The van der Waals surface area contributed by atoms with Crippen LogP contribution in [-0.4, -0.2) is 64.8 Å². The van der Waals surface area contributed by atoms with Crippen LogP contribution in [0.4, 0.5) is 13.2 Å². The minimum Gasteiger partial charge on any atom is -0.475 e. The molecule has 142 valence electrons. The van der Waals surface area contributed by atoms with E-state index in [1.165, 1.54) is 16.8 Å². The van der Waals surface area contributed by atoms with Crippen molar-refractivity contribution in [1.29, 1.82) is 0 Å². The molecule has 0 unspecified atom stereocenters. The van der Waals surface area contributed by atoms with Crippen molar-refractivity contribution >= 4 is 16.0 Å². The van der Waals surface area contributed by atoms with Crippen LogP contribution in [0.5, 0.6) is 0 Å². The number of hydrogen-bond donors (Lipinski definition) is 1. The lowest BCUT2D eigenvalue weighted by Gasteiger charge is -2.16. The van der Waals surface area contributed by atoms with E-state index in [0.29, 0.717) is 19.0 Å². The van der Waals surface area contributed by atoms with E-state index in [1.54, 1.807) is 11.6 Å². The molecule has 2 aliphatic heterocycles. The number of rotatable bonds is 2. The Labute approximate surface area is 142 Å². The summed E-state index contributed by atoms with van der Waals surface area (Å²) in [4.78, 5) is 12.8. The van der Waals surface area contributed by atoms with Crippen LogP contribution in [0, 0.1) is 5.92 Å². The van der Waals surface area contributed by atoms with E-state index in [-0.39, 0.29) is 17.2 Å². The number of imidazole rings is 1. The fourth-order valence-electron chi connectivity index (χ4n) is 2.81. The summed E-state index contributed by atoms with van der Waals surface area (Å²) in [6, 6.07) is 0. The van der Waals surface area contributed by atoms with E-state index >= 15 is 0 Å². The SMILES string of the molecule is C[C@@H]1C[C@H]2CN(S(=O)(=O)c3cn(C)cn3)C[C@H]2O1.O=C(O)C(F)(F)F. The Morgan fingerprint density at radius 1 is 1.40 bits per heavy atom. The number of alkyl halides is 3. The average Bonchev–Trinajstić information content (AvgIpc) is 3.12. The summed E-state index contributed by atoms with van der Waals surface area (Å²) in [5.41, 5.74) is 0. The highest BCUT2D eigenvalue weighted by molar-refractivity contribution is 7.89. The molecule has 0 spiro atoms. The predicted octanol–water partition coefficient (Wildman–Crippen LogP) is 0.851. The molecule has 12 heteroatoms. The summed E-state index contributed by atoms with van der Waals surface area (Å²) < 4.78 is 65.3. The first-order valence-corrected chi connectivity index (χ1v) is 8.79. The van der Waals surface area contributed by atoms with Gasteiger partial charge >= 0.3 is 12.1 Å². The molecule has 3 atom stereocenters. The van der Waals surface area contributed by atoms with Crippen molar-refractivity contribution in [3.05, 3.63) is 12.5 Å². The van der Waals surface area contributed by atoms with Gasteiger partial charge in [0.25, 0.3) is 10.0 Å². The molecule has 3 rings (SSSR count). The first-order chi connectivity index (χ1) is 11.4. The number of ether oxygens (including phenoxy) is 1. The van der Waals surface area contributed by atoms with E-state index in [0.717, 1.165) is 6.42 Å². The van der Waals surface area contributed by atoms with E-state index in [2.05, 4.69) is 4.98 Å². The average molecular weight is 385 g/mol. The first-order valence-electron chi connectivity index (χ1n) is 7.35. The second-order valence-electron chi connectivity index (χ2n) is 5.98. The normalized spacial score (nSPS) is 26.8. The van der Waals surface area contributed by atoms with E-state index < -0.39 is 22.2 Å². The quantitative estimate of drug-likeness (QED) is 0.810. The summed E-state index contributed by atoms with van der Waals surface area (Å²) in [6.07, 6.45) is -0.799. The maximum Gasteiger partial charge on any atom is 0.490 e. The minimum atomic E-state index is -5.08. The van der Waals surface area contributed by atoms with Gasteiger partial charge in [-0.3, -0.25) is 0 Å². The van der Waals surface area contributed by atoms with Crippen molar-refractivity contribution in [1.82, 2.24) is 13.9 Å². The molecule has 2 aliphatic rings. The van der Waals surface area contributed by atoms with Gasteiger partial charge in [-0.2, -0.15) is 17.5 Å². The maximum atomic E-state index is 12.4. The number of halogens is 3. The number of nitrogens with zero attached hydrogens (tertiary/aromatic N) is 3. The van der Waals surface area contributed by atoms with Gasteiger partial charge in [-0.15, -0.1) is 0 Å². The van der Waals surface area contributed by atoms with E-state index in [1.807, 2.05) is 6.92 Å². The van der Waals surface area contributed by atoms with Crippen LogP contribution in [0.2, 0.25) is 0 Å². The summed E-state index contributed by atoms with van der Waals surface area (Å²) in [7, 11) is -1.70. The Hall–Kier alpha value is -1.66. The number of sulfonamides is 1. The van der Waals surface area contributed by atoms with E-state index in [9.17, 15) is 21.6 Å². The van der Waals surface area contributed by atoms with Crippen LogP contribution < -0.4 is 0 Å². The van der Waals surface area contributed by atoms with Crippen molar-refractivity contribution in [2.75, 3.05) is 13.1 Å². The van der Waals surface area contributed by atoms with Gasteiger partial charge in [0.1, 0.15) is 0 Å². The highest BCUT2D eigenvalue weighted by Crippen LogP contribution is 2.34. The zero-order valence-corrected chi connectivity index (χ0v) is 14.3. The number of aryl methyl sites for hydroxylation is 1. The number of carboxylic acids is 1. The van der Waals surface area contributed by atoms with Crippen LogP contribution in [-0.2, 0) is 26.6 Å². The van der Waals surface area contributed by atoms with Crippen LogP contribution in [0.1, 0.15) is 13.3 Å². The molecule has 0 amide bonds. The maximum absolute atomic E-state index is 12.4. The zero-order chi connectivity index (χ0) is 19.0. The molecule has 3 heterocycles. The third-order valence-corrected chi connectivity index (χ3v) is 5.63. The number of carbonyl (C=O) groups is 1. The zero-order valence-electron chi connectivity index (χ0n) is 13.5. The van der Waals surface area contributed by atoms with Crippen molar-refractivity contribution < 1.29 is 36.2 Å². The third-order valence-electron chi connectivity index (χ3n) is 3.92. The molecule has 1 aromatic rings. The van der Waals surface area contributed by atoms with Gasteiger partial charge in [0.05, 0.1) is 18.5 Å². The molecular weight excluding hydrogens is 367 g/mol. The highest BCUT2D eigenvalue weighted by Gasteiger charge is 2.45. The molecule has 8 nitrogen and oxygen atoms in total. The topological polar surface area (TPSA) is 102 Å². The van der Waals surface area contributed by atoms with Crippen LogP contribution in [0.25, 0.3) is 0 Å². The molecule has 25 heavy (non-hydrogen) atoms. The van der Waals surface area contributed by atoms with Gasteiger partial charge in [0.2, 0.25) is 0 Å². The van der Waals surface area contributed by atoms with Crippen molar-refractivity contribution in [3.63, 3.8) is 0 Å². The number of carboxylic acid groups (broad SMARTS) is 1. The standard InChI is InChI=1S/C11H17N3O3S.C2HF3O2/c1-8-3-9-4-14(5-10(9)17-8)18(15,16)11-6-13(2)7-12-11;3-2(4,5)1(6)7/h6-10H,3-5H2,1-2H3;(H,6,7)/t8-,9+,10-;/m1./s1. The van der Waals surface area contributed by atoms with Crippen LogP contribution in [0.3, 0.4) is 0 Å². The second kappa shape index (κ2) is 6.92. The molecule has 0 bridgehead atoms. The lowest BCUT2D eigenvalue weighted by molar-refractivity contribution is -0.192. The molecule has 1 aromatic heterocycles. The smallest absolute Gasteiger partial charge is 0.475 e. The monoisotopic (exact) mass is 385 g/mol. The van der Waals surface area contributed by atoms with Crippen molar-refractivity contribution in [2.45, 2.75) is 36.8 Å². The lowest BCUT2D eigenvalue weighted by atomic mass is 10.0. The molecule has 0 saturated carbocycles. The largest absolute Gasteiger partial charge is 0.490 e. The number of aromatic nitrogens is 2. The molecule has 0 radical (unpaired) electrons. The van der Waals surface area contributed by atoms with Crippen LogP contribution >= 0.6 is 0 Å². The summed E-state index contributed by atoms with van der Waals surface area (Å²) in [5.74, 6) is -2.43. The summed E-state index contributed by atoms with van der Waals surface area (Å²) >= 11 is 0. The molecule has 0 aromatic carbocycles. The van der Waals surface area contributed by atoms with Gasteiger partial charge < -0.3 is 14.4 Å². The summed E-state index contributed by atoms with van der Waals surface area (Å²) in [6.45, 7) is 3.04. The Kier molecular flexibility index (Phi) is 5.44. The Morgan fingerprint density at radius 2 is 2.00 bits per heavy atom. The molecule has 2 saturated heterocycles. The van der Waals surface area contributed by atoms with Gasteiger partial charge in [0.15, 0.2) is 5.03 Å². The number of aliphatic carboxylic acids is 1. The summed E-state index contributed by atoms with van der Waals surface area (Å²) in [5, 5.41) is 7.25. The Bertz CT molecular complexity index is 720. The molecule has 1 N–H and O–H groups in total. The van der Waals surface area contributed by atoms with Crippen LogP contribution in [0.15, 0.2) is 17.6 Å². The van der Waals surface area contributed by atoms with Crippen molar-refractivity contribution in [3.8, 4) is 0 Å². The lowest BCUT2D eigenvalue weighted by Crippen LogP contribution is -2.31. The number of fused-ring (bicyclic) bond motifs is 1. The Balaban J connectivity index is 0.000000277. The molecule has 2 fully saturated rings. The van der Waals surface area contributed by atoms with Gasteiger partial charge in [-0.1, -0.05) is 0 Å². The van der Waals surface area contributed by atoms with Gasteiger partial charge in [-0.05, 0) is 13.3 Å². The second-order valence-corrected chi connectivity index (χ2v) is 7.87. The fourth-order valence-corrected chi connectivity index (χ4v) is 4.29. The first kappa shape index (κ1) is 19.7. The molecular formula is C13H18F3N3O5S. The minimum absolute atomic E-state index is 0.0542. The molecule has 0 aliphatic carbocycles.